The second-order valence-electron chi connectivity index (χ2n) is 8.77. The Morgan fingerprint density at radius 3 is 1.10 bits per heavy atom. The molecular formula is C22H44O6Si3. The fourth-order valence-corrected chi connectivity index (χ4v) is 8.38. The number of rotatable bonds is 16. The summed E-state index contributed by atoms with van der Waals surface area (Å²) < 4.78 is 35.0. The molecule has 1 aromatic carbocycles. The van der Waals surface area contributed by atoms with Crippen LogP contribution in [0.2, 0.25) is 37.8 Å². The van der Waals surface area contributed by atoms with Crippen molar-refractivity contribution in [1.82, 2.24) is 0 Å². The van der Waals surface area contributed by atoms with Crippen LogP contribution >= 0.6 is 0 Å². The average molecular weight is 489 g/mol. The molecule has 0 heterocycles. The molecule has 180 valence electrons. The van der Waals surface area contributed by atoms with Crippen molar-refractivity contribution in [2.24, 2.45) is 0 Å². The quantitative estimate of drug-likeness (QED) is 0.299. The Balaban J connectivity index is 3.36. The zero-order chi connectivity index (χ0) is 23.6. The van der Waals surface area contributed by atoms with Crippen LogP contribution in [0.25, 0.3) is 0 Å². The van der Waals surface area contributed by atoms with Crippen molar-refractivity contribution in [1.29, 1.82) is 0 Å². The van der Waals surface area contributed by atoms with Gasteiger partial charge in [-0.25, -0.2) is 0 Å². The summed E-state index contributed by atoms with van der Waals surface area (Å²) in [7, 11) is 3.90. The molecule has 0 unspecified atom stereocenters. The molecule has 0 N–H and O–H groups in total. The van der Waals surface area contributed by atoms with E-state index in [1.54, 1.807) is 42.7 Å². The fraction of sp³-hybridized carbons (Fsp3) is 0.727. The monoisotopic (exact) mass is 488 g/mol. The lowest BCUT2D eigenvalue weighted by atomic mass is 9.73. The van der Waals surface area contributed by atoms with Gasteiger partial charge in [-0.1, -0.05) is 30.3 Å². The normalized spacial score (nSPS) is 13.6. The second-order valence-corrected chi connectivity index (χ2v) is 19.5. The zero-order valence-electron chi connectivity index (χ0n) is 21.1. The largest absolute Gasteiger partial charge is 0.398 e. The molecule has 31 heavy (non-hydrogen) atoms. The van der Waals surface area contributed by atoms with Crippen molar-refractivity contribution >= 4 is 25.7 Å². The van der Waals surface area contributed by atoms with E-state index < -0.39 is 25.7 Å². The zero-order valence-corrected chi connectivity index (χ0v) is 24.1. The standard InChI is InChI=1S/C22H44O6Si3/c1-23-29(7,24-2)18-15-22(21-13-11-10-12-14-21,16-19-30(8,25-3)26-4)17-20-31(9,27-5)28-6/h10-14H,15-20H2,1-9H3. The van der Waals surface area contributed by atoms with Gasteiger partial charge in [0.05, 0.1) is 0 Å². The highest BCUT2D eigenvalue weighted by Crippen LogP contribution is 2.43. The Morgan fingerprint density at radius 2 is 0.839 bits per heavy atom. The minimum Gasteiger partial charge on any atom is -0.398 e. The fourth-order valence-electron chi connectivity index (χ4n) is 3.86. The number of hydrogen-bond acceptors (Lipinski definition) is 6. The molecule has 1 rings (SSSR count). The maximum Gasteiger partial charge on any atom is 0.334 e. The van der Waals surface area contributed by atoms with Crippen LogP contribution in [0.15, 0.2) is 30.3 Å². The second kappa shape index (κ2) is 12.8. The lowest BCUT2D eigenvalue weighted by molar-refractivity contribution is 0.225. The highest BCUT2D eigenvalue weighted by Gasteiger charge is 2.42. The van der Waals surface area contributed by atoms with E-state index in [4.69, 9.17) is 26.6 Å². The van der Waals surface area contributed by atoms with Gasteiger partial charge in [-0.15, -0.1) is 0 Å². The maximum absolute atomic E-state index is 5.83. The molecule has 0 saturated heterocycles. The minimum atomic E-state index is -2.23. The van der Waals surface area contributed by atoms with Gasteiger partial charge in [0.1, 0.15) is 0 Å². The summed E-state index contributed by atoms with van der Waals surface area (Å²) in [6, 6.07) is 13.5. The van der Waals surface area contributed by atoms with Crippen molar-refractivity contribution in [3.8, 4) is 0 Å². The first kappa shape index (κ1) is 28.7. The van der Waals surface area contributed by atoms with Crippen LogP contribution < -0.4 is 0 Å². The molecule has 0 atom stereocenters. The Kier molecular flexibility index (Phi) is 11.8. The van der Waals surface area contributed by atoms with Crippen LogP contribution in [0.1, 0.15) is 24.8 Å². The first-order chi connectivity index (χ1) is 14.6. The van der Waals surface area contributed by atoms with Crippen molar-refractivity contribution in [2.75, 3.05) is 42.7 Å². The van der Waals surface area contributed by atoms with Crippen molar-refractivity contribution in [3.63, 3.8) is 0 Å². The molecule has 0 aliphatic heterocycles. The van der Waals surface area contributed by atoms with Crippen LogP contribution in [0, 0.1) is 0 Å². The van der Waals surface area contributed by atoms with Crippen molar-refractivity contribution < 1.29 is 26.6 Å². The highest BCUT2D eigenvalue weighted by atomic mass is 28.4. The topological polar surface area (TPSA) is 55.4 Å². The summed E-state index contributed by atoms with van der Waals surface area (Å²) >= 11 is 0. The van der Waals surface area contributed by atoms with Crippen molar-refractivity contribution in [2.45, 2.75) is 62.5 Å². The van der Waals surface area contributed by atoms with E-state index >= 15 is 0 Å². The van der Waals surface area contributed by atoms with E-state index in [-0.39, 0.29) is 5.41 Å². The van der Waals surface area contributed by atoms with Gasteiger partial charge in [0, 0.05) is 42.7 Å². The van der Waals surface area contributed by atoms with Crippen LogP contribution in [0.3, 0.4) is 0 Å². The number of benzene rings is 1. The minimum absolute atomic E-state index is 0.0663. The summed E-state index contributed by atoms with van der Waals surface area (Å²) in [4.78, 5) is 0. The summed E-state index contributed by atoms with van der Waals surface area (Å²) in [6.45, 7) is 6.40. The predicted molar refractivity (Wildman–Crippen MR) is 133 cm³/mol. The maximum atomic E-state index is 5.83. The average Bonchev–Trinajstić information content (AvgIpc) is 2.83. The summed E-state index contributed by atoms with van der Waals surface area (Å²) in [6.07, 6.45) is 2.91. The Labute approximate surface area is 193 Å². The van der Waals surface area contributed by atoms with Gasteiger partial charge in [0.2, 0.25) is 0 Å². The van der Waals surface area contributed by atoms with E-state index in [9.17, 15) is 0 Å². The molecule has 9 heteroatoms. The predicted octanol–water partition coefficient (Wildman–Crippen LogP) is 5.19. The van der Waals surface area contributed by atoms with Gasteiger partial charge < -0.3 is 26.6 Å². The third-order valence-corrected chi connectivity index (χ3v) is 15.8. The SMILES string of the molecule is CO[Si](C)(CCC(CC[Si](C)(OC)OC)(CC[Si](C)(OC)OC)c1ccccc1)OC. The lowest BCUT2D eigenvalue weighted by Gasteiger charge is -2.40. The van der Waals surface area contributed by atoms with Crippen LogP contribution in [-0.4, -0.2) is 68.3 Å². The van der Waals surface area contributed by atoms with Crippen molar-refractivity contribution in [3.05, 3.63) is 35.9 Å². The molecule has 0 spiro atoms. The summed E-state index contributed by atoms with van der Waals surface area (Å²) in [5, 5.41) is 0. The highest BCUT2D eigenvalue weighted by molar-refractivity contribution is 6.66. The summed E-state index contributed by atoms with van der Waals surface area (Å²) in [5.41, 5.74) is 1.27. The molecule has 0 amide bonds. The van der Waals surface area contributed by atoms with Gasteiger partial charge in [-0.3, -0.25) is 0 Å². The van der Waals surface area contributed by atoms with Gasteiger partial charge >= 0.3 is 25.7 Å². The van der Waals surface area contributed by atoms with Crippen LogP contribution in [0.5, 0.6) is 0 Å². The molecular weight excluding hydrogens is 444 g/mol. The summed E-state index contributed by atoms with van der Waals surface area (Å²) in [5.74, 6) is 0. The molecule has 0 aliphatic carbocycles. The third kappa shape index (κ3) is 8.17. The lowest BCUT2D eigenvalue weighted by Crippen LogP contribution is -2.43. The molecule has 6 nitrogen and oxygen atoms in total. The molecule has 0 radical (unpaired) electrons. The smallest absolute Gasteiger partial charge is 0.334 e. The first-order valence-electron chi connectivity index (χ1n) is 11.0. The van der Waals surface area contributed by atoms with E-state index in [1.165, 1.54) is 5.56 Å². The first-order valence-corrected chi connectivity index (χ1v) is 18.5. The van der Waals surface area contributed by atoms with Crippen LogP contribution in [0.4, 0.5) is 0 Å². The molecule has 0 aliphatic rings. The molecule has 0 saturated carbocycles. The molecule has 1 aromatic rings. The van der Waals surface area contributed by atoms with Gasteiger partial charge in [-0.2, -0.15) is 0 Å². The van der Waals surface area contributed by atoms with E-state index in [2.05, 4.69) is 50.0 Å². The van der Waals surface area contributed by atoms with Gasteiger partial charge in [0.25, 0.3) is 0 Å². The molecule has 0 aromatic heterocycles. The van der Waals surface area contributed by atoms with E-state index in [1.807, 2.05) is 0 Å². The Hall–Kier alpha value is -0.369. The number of hydrogen-bond donors (Lipinski definition) is 0. The Bertz CT molecular complexity index is 564. The Morgan fingerprint density at radius 1 is 0.548 bits per heavy atom. The van der Waals surface area contributed by atoms with Crippen LogP contribution in [-0.2, 0) is 32.0 Å². The van der Waals surface area contributed by atoms with E-state index in [0.29, 0.717) is 0 Å². The van der Waals surface area contributed by atoms with Gasteiger partial charge in [0.15, 0.2) is 0 Å². The van der Waals surface area contributed by atoms with E-state index in [0.717, 1.165) is 37.4 Å². The molecule has 0 fully saturated rings. The third-order valence-electron chi connectivity index (χ3n) is 7.15. The molecule has 0 bridgehead atoms. The van der Waals surface area contributed by atoms with Gasteiger partial charge in [-0.05, 0) is 68.0 Å².